The molecule has 0 aliphatic carbocycles. The van der Waals surface area contributed by atoms with E-state index in [0.717, 1.165) is 11.1 Å². The van der Waals surface area contributed by atoms with Crippen LogP contribution in [0.3, 0.4) is 0 Å². The van der Waals surface area contributed by atoms with Crippen molar-refractivity contribution >= 4 is 0 Å². The third-order valence-electron chi connectivity index (χ3n) is 2.64. The van der Waals surface area contributed by atoms with Crippen LogP contribution in [0.15, 0.2) is 42.5 Å². The van der Waals surface area contributed by atoms with Gasteiger partial charge in [0.1, 0.15) is 17.6 Å². The highest BCUT2D eigenvalue weighted by Crippen LogP contribution is 2.25. The summed E-state index contributed by atoms with van der Waals surface area (Å²) in [7, 11) is 0. The van der Waals surface area contributed by atoms with Crippen LogP contribution in [0.4, 0.5) is 0 Å². The van der Waals surface area contributed by atoms with Gasteiger partial charge in [-0.25, -0.2) is 0 Å². The first-order valence-electron chi connectivity index (χ1n) is 5.70. The van der Waals surface area contributed by atoms with Gasteiger partial charge in [-0.2, -0.15) is 5.26 Å². The van der Waals surface area contributed by atoms with Gasteiger partial charge in [-0.3, -0.25) is 0 Å². The third-order valence-corrected chi connectivity index (χ3v) is 2.64. The Bertz CT molecular complexity index is 582. The minimum Gasteiger partial charge on any atom is -0.456 e. The smallest absolute Gasteiger partial charge is 0.145 e. The molecule has 0 aliphatic heterocycles. The highest BCUT2D eigenvalue weighted by molar-refractivity contribution is 5.47. The van der Waals surface area contributed by atoms with Crippen LogP contribution in [0.1, 0.15) is 16.7 Å². The summed E-state index contributed by atoms with van der Waals surface area (Å²) in [6, 6.07) is 15.2. The number of ether oxygens (including phenoxy) is 1. The fraction of sp³-hybridized carbons (Fsp3) is 0.133. The van der Waals surface area contributed by atoms with Gasteiger partial charge in [0.25, 0.3) is 0 Å². The standard InChI is InChI=1S/C15H14N2O/c1-11-2-7-15(13(8-11)10-17)18-14-5-3-12(9-16)4-6-14/h2-8H,9,16H2,1H3. The molecular formula is C15H14N2O. The Labute approximate surface area is 106 Å². The van der Waals surface area contributed by atoms with E-state index in [0.29, 0.717) is 23.6 Å². The lowest BCUT2D eigenvalue weighted by Crippen LogP contribution is -1.95. The van der Waals surface area contributed by atoms with Crippen LogP contribution in [0.5, 0.6) is 11.5 Å². The summed E-state index contributed by atoms with van der Waals surface area (Å²) in [6.45, 7) is 2.45. The van der Waals surface area contributed by atoms with Crippen molar-refractivity contribution < 1.29 is 4.74 Å². The molecule has 18 heavy (non-hydrogen) atoms. The second-order valence-corrected chi connectivity index (χ2v) is 4.06. The van der Waals surface area contributed by atoms with Crippen molar-refractivity contribution in [2.45, 2.75) is 13.5 Å². The number of nitrogens with zero attached hydrogens (tertiary/aromatic N) is 1. The van der Waals surface area contributed by atoms with E-state index in [2.05, 4.69) is 6.07 Å². The molecule has 0 saturated carbocycles. The van der Waals surface area contributed by atoms with Gasteiger partial charge in [-0.05, 0) is 42.3 Å². The zero-order chi connectivity index (χ0) is 13.0. The molecule has 0 amide bonds. The first-order chi connectivity index (χ1) is 8.72. The molecule has 0 bridgehead atoms. The minimum absolute atomic E-state index is 0.508. The van der Waals surface area contributed by atoms with Crippen LogP contribution in [0, 0.1) is 18.3 Å². The summed E-state index contributed by atoms with van der Waals surface area (Å²) in [5.74, 6) is 1.27. The van der Waals surface area contributed by atoms with Crippen LogP contribution in [-0.4, -0.2) is 0 Å². The quantitative estimate of drug-likeness (QED) is 0.893. The number of rotatable bonds is 3. The fourth-order valence-electron chi connectivity index (χ4n) is 1.64. The first-order valence-corrected chi connectivity index (χ1v) is 5.70. The molecule has 3 heteroatoms. The summed E-state index contributed by atoms with van der Waals surface area (Å²) >= 11 is 0. The average Bonchev–Trinajstić information content (AvgIpc) is 2.41. The number of nitriles is 1. The zero-order valence-electron chi connectivity index (χ0n) is 10.2. The first kappa shape index (κ1) is 12.2. The van der Waals surface area contributed by atoms with Crippen molar-refractivity contribution in [1.82, 2.24) is 0 Å². The van der Waals surface area contributed by atoms with Crippen molar-refractivity contribution in [2.24, 2.45) is 5.73 Å². The molecule has 0 fully saturated rings. The van der Waals surface area contributed by atoms with Crippen LogP contribution >= 0.6 is 0 Å². The van der Waals surface area contributed by atoms with E-state index in [1.807, 2.05) is 49.4 Å². The van der Waals surface area contributed by atoms with E-state index in [-0.39, 0.29) is 0 Å². The summed E-state index contributed by atoms with van der Waals surface area (Å²) in [6.07, 6.45) is 0. The molecule has 2 N–H and O–H groups in total. The molecule has 0 heterocycles. The molecule has 0 radical (unpaired) electrons. The van der Waals surface area contributed by atoms with Crippen LogP contribution in [0.25, 0.3) is 0 Å². The minimum atomic E-state index is 0.508. The largest absolute Gasteiger partial charge is 0.456 e. The van der Waals surface area contributed by atoms with Crippen molar-refractivity contribution in [3.05, 3.63) is 59.2 Å². The molecule has 0 unspecified atom stereocenters. The Kier molecular flexibility index (Phi) is 3.61. The molecule has 2 aromatic rings. The van der Waals surface area contributed by atoms with Crippen LogP contribution in [-0.2, 0) is 6.54 Å². The van der Waals surface area contributed by atoms with Crippen molar-refractivity contribution in [2.75, 3.05) is 0 Å². The maximum atomic E-state index is 9.06. The van der Waals surface area contributed by atoms with Gasteiger partial charge in [0, 0.05) is 6.54 Å². The number of hydrogen-bond donors (Lipinski definition) is 1. The molecule has 0 spiro atoms. The molecule has 2 rings (SSSR count). The Hall–Kier alpha value is -2.31. The lowest BCUT2D eigenvalue weighted by Gasteiger charge is -2.08. The number of benzene rings is 2. The number of aryl methyl sites for hydroxylation is 1. The highest BCUT2D eigenvalue weighted by atomic mass is 16.5. The molecule has 0 atom stereocenters. The monoisotopic (exact) mass is 238 g/mol. The van der Waals surface area contributed by atoms with Gasteiger partial charge in [-0.15, -0.1) is 0 Å². The predicted octanol–water partition coefficient (Wildman–Crippen LogP) is 3.12. The van der Waals surface area contributed by atoms with Gasteiger partial charge in [-0.1, -0.05) is 18.2 Å². The second-order valence-electron chi connectivity index (χ2n) is 4.06. The van der Waals surface area contributed by atoms with E-state index in [1.54, 1.807) is 0 Å². The topological polar surface area (TPSA) is 59.0 Å². The molecule has 2 aromatic carbocycles. The zero-order valence-corrected chi connectivity index (χ0v) is 10.2. The molecule has 0 aliphatic rings. The lowest BCUT2D eigenvalue weighted by molar-refractivity contribution is 0.480. The molecule has 3 nitrogen and oxygen atoms in total. The van der Waals surface area contributed by atoms with E-state index in [9.17, 15) is 0 Å². The van der Waals surface area contributed by atoms with Crippen LogP contribution < -0.4 is 10.5 Å². The molecular weight excluding hydrogens is 224 g/mol. The average molecular weight is 238 g/mol. The van der Waals surface area contributed by atoms with E-state index >= 15 is 0 Å². The van der Waals surface area contributed by atoms with Gasteiger partial charge < -0.3 is 10.5 Å². The third kappa shape index (κ3) is 2.68. The van der Waals surface area contributed by atoms with Crippen molar-refractivity contribution in [1.29, 1.82) is 5.26 Å². The molecule has 0 saturated heterocycles. The summed E-state index contributed by atoms with van der Waals surface area (Å²) in [5, 5.41) is 9.06. The van der Waals surface area contributed by atoms with Gasteiger partial charge in [0.05, 0.1) is 5.56 Å². The molecule has 0 aromatic heterocycles. The number of nitrogens with two attached hydrogens (primary N) is 1. The summed E-state index contributed by atoms with van der Waals surface area (Å²) < 4.78 is 5.69. The van der Waals surface area contributed by atoms with Gasteiger partial charge >= 0.3 is 0 Å². The normalized spacial score (nSPS) is 9.83. The predicted molar refractivity (Wildman–Crippen MR) is 70.3 cm³/mol. The highest BCUT2D eigenvalue weighted by Gasteiger charge is 2.04. The number of hydrogen-bond acceptors (Lipinski definition) is 3. The van der Waals surface area contributed by atoms with E-state index < -0.39 is 0 Å². The Balaban J connectivity index is 2.25. The lowest BCUT2D eigenvalue weighted by atomic mass is 10.1. The van der Waals surface area contributed by atoms with Crippen molar-refractivity contribution in [3.8, 4) is 17.6 Å². The van der Waals surface area contributed by atoms with Gasteiger partial charge in [0.2, 0.25) is 0 Å². The summed E-state index contributed by atoms with van der Waals surface area (Å²) in [5.41, 5.74) is 8.16. The van der Waals surface area contributed by atoms with Gasteiger partial charge in [0.15, 0.2) is 0 Å². The Morgan fingerprint density at radius 1 is 1.17 bits per heavy atom. The van der Waals surface area contributed by atoms with E-state index in [4.69, 9.17) is 15.7 Å². The van der Waals surface area contributed by atoms with E-state index in [1.165, 1.54) is 0 Å². The van der Waals surface area contributed by atoms with Crippen molar-refractivity contribution in [3.63, 3.8) is 0 Å². The molecule has 90 valence electrons. The fourth-order valence-corrected chi connectivity index (χ4v) is 1.64. The maximum absolute atomic E-state index is 9.06. The SMILES string of the molecule is Cc1ccc(Oc2ccc(CN)cc2)c(C#N)c1. The maximum Gasteiger partial charge on any atom is 0.145 e. The summed E-state index contributed by atoms with van der Waals surface area (Å²) in [4.78, 5) is 0. The van der Waals surface area contributed by atoms with Crippen LogP contribution in [0.2, 0.25) is 0 Å². The second kappa shape index (κ2) is 5.35. The Morgan fingerprint density at radius 2 is 1.89 bits per heavy atom. The Morgan fingerprint density at radius 3 is 2.50 bits per heavy atom.